The molecule has 2 aromatic heterocycles. The molecule has 0 amide bonds. The van der Waals surface area contributed by atoms with E-state index in [1.54, 1.807) is 18.4 Å². The lowest BCUT2D eigenvalue weighted by atomic mass is 9.93. The van der Waals surface area contributed by atoms with Crippen molar-refractivity contribution in [2.24, 2.45) is 0 Å². The average Bonchev–Trinajstić information content (AvgIpc) is 2.63. The van der Waals surface area contributed by atoms with Crippen molar-refractivity contribution in [3.63, 3.8) is 0 Å². The first-order valence-electron chi connectivity index (χ1n) is 5.04. The molecule has 5 heteroatoms. The molecule has 0 radical (unpaired) electrons. The minimum absolute atomic E-state index is 0.0213. The summed E-state index contributed by atoms with van der Waals surface area (Å²) in [5.41, 5.74) is 6.71. The highest BCUT2D eigenvalue weighted by molar-refractivity contribution is 7.19. The Balaban J connectivity index is 2.51. The highest BCUT2D eigenvalue weighted by Gasteiger charge is 2.23. The van der Waals surface area contributed by atoms with E-state index in [9.17, 15) is 0 Å². The second-order valence-electron chi connectivity index (χ2n) is 4.40. The van der Waals surface area contributed by atoms with Gasteiger partial charge in [-0.15, -0.1) is 11.3 Å². The monoisotopic (exact) mass is 237 g/mol. The predicted molar refractivity (Wildman–Crippen MR) is 66.7 cm³/mol. The van der Waals surface area contributed by atoms with Crippen LogP contribution in [0.1, 0.15) is 18.7 Å². The smallest absolute Gasteiger partial charge is 0.144 e. The minimum atomic E-state index is -0.0213. The molecule has 0 bridgehead atoms. The topological polar surface area (TPSA) is 61.0 Å². The Morgan fingerprint density at radius 1 is 1.44 bits per heavy atom. The molecule has 16 heavy (non-hydrogen) atoms. The molecule has 2 N–H and O–H groups in total. The molecule has 0 fully saturated rings. The second-order valence-corrected chi connectivity index (χ2v) is 5.45. The van der Waals surface area contributed by atoms with Crippen LogP contribution < -0.4 is 5.73 Å². The van der Waals surface area contributed by atoms with Crippen molar-refractivity contribution in [3.05, 3.63) is 17.3 Å². The number of fused-ring (bicyclic) bond motifs is 1. The third kappa shape index (κ3) is 1.88. The molecule has 0 aliphatic heterocycles. The molecular formula is C11H15N3OS. The van der Waals surface area contributed by atoms with E-state index < -0.39 is 0 Å². The summed E-state index contributed by atoms with van der Waals surface area (Å²) in [7, 11) is 1.71. The number of nitrogen functional groups attached to an aromatic ring is 1. The lowest BCUT2D eigenvalue weighted by Gasteiger charge is -2.21. The van der Waals surface area contributed by atoms with E-state index in [-0.39, 0.29) is 5.41 Å². The van der Waals surface area contributed by atoms with Crippen molar-refractivity contribution >= 4 is 27.4 Å². The Morgan fingerprint density at radius 2 is 2.19 bits per heavy atom. The molecule has 0 unspecified atom stereocenters. The largest absolute Gasteiger partial charge is 0.384 e. The maximum Gasteiger partial charge on any atom is 0.144 e. The van der Waals surface area contributed by atoms with Gasteiger partial charge in [-0.25, -0.2) is 9.97 Å². The van der Waals surface area contributed by atoms with E-state index in [1.807, 2.05) is 0 Å². The van der Waals surface area contributed by atoms with Gasteiger partial charge >= 0.3 is 0 Å². The van der Waals surface area contributed by atoms with Gasteiger partial charge in [0.2, 0.25) is 0 Å². The fourth-order valence-electron chi connectivity index (χ4n) is 1.64. The van der Waals surface area contributed by atoms with Crippen LogP contribution in [-0.2, 0) is 10.2 Å². The van der Waals surface area contributed by atoms with Gasteiger partial charge in [0.15, 0.2) is 0 Å². The van der Waals surface area contributed by atoms with Gasteiger partial charge < -0.3 is 10.5 Å². The van der Waals surface area contributed by atoms with Gasteiger partial charge in [-0.3, -0.25) is 0 Å². The quantitative estimate of drug-likeness (QED) is 0.889. The van der Waals surface area contributed by atoms with Crippen molar-refractivity contribution < 1.29 is 4.74 Å². The summed E-state index contributed by atoms with van der Waals surface area (Å²) in [5.74, 6) is 0.550. The summed E-state index contributed by atoms with van der Waals surface area (Å²) in [6.07, 6.45) is 1.50. The summed E-state index contributed by atoms with van der Waals surface area (Å²) in [5, 5.41) is 0. The van der Waals surface area contributed by atoms with Crippen molar-refractivity contribution in [2.45, 2.75) is 19.3 Å². The molecule has 0 aliphatic carbocycles. The first-order valence-corrected chi connectivity index (χ1v) is 5.85. The zero-order valence-corrected chi connectivity index (χ0v) is 10.5. The summed E-state index contributed by atoms with van der Waals surface area (Å²) in [6, 6.07) is 2.07. The SMILES string of the molecule is COCC(C)(C)c1cc2ncnc(N)c2s1. The average molecular weight is 237 g/mol. The summed E-state index contributed by atoms with van der Waals surface area (Å²) >= 11 is 1.64. The van der Waals surface area contributed by atoms with E-state index >= 15 is 0 Å². The van der Waals surface area contributed by atoms with Crippen LogP contribution in [-0.4, -0.2) is 23.7 Å². The number of hydrogen-bond donors (Lipinski definition) is 1. The van der Waals surface area contributed by atoms with Crippen LogP contribution in [0.5, 0.6) is 0 Å². The number of nitrogens with two attached hydrogens (primary N) is 1. The second kappa shape index (κ2) is 3.99. The molecule has 0 saturated carbocycles. The van der Waals surface area contributed by atoms with Gasteiger partial charge in [0.1, 0.15) is 12.1 Å². The highest BCUT2D eigenvalue weighted by Crippen LogP contribution is 2.35. The fourth-order valence-corrected chi connectivity index (χ4v) is 2.74. The summed E-state index contributed by atoms with van der Waals surface area (Å²) < 4.78 is 6.19. The molecule has 2 aromatic rings. The maximum atomic E-state index is 5.81. The van der Waals surface area contributed by atoms with E-state index in [0.717, 1.165) is 10.2 Å². The van der Waals surface area contributed by atoms with E-state index in [4.69, 9.17) is 10.5 Å². The lowest BCUT2D eigenvalue weighted by Crippen LogP contribution is -2.21. The molecule has 0 spiro atoms. The van der Waals surface area contributed by atoms with Gasteiger partial charge in [0, 0.05) is 17.4 Å². The third-order valence-electron chi connectivity index (χ3n) is 2.51. The number of hydrogen-bond acceptors (Lipinski definition) is 5. The normalized spacial score (nSPS) is 12.2. The molecule has 0 aromatic carbocycles. The Bertz CT molecular complexity index is 507. The van der Waals surface area contributed by atoms with Crippen molar-refractivity contribution in [1.29, 1.82) is 0 Å². The van der Waals surface area contributed by atoms with Gasteiger partial charge in [0.25, 0.3) is 0 Å². The van der Waals surface area contributed by atoms with Gasteiger partial charge in [-0.05, 0) is 6.07 Å². The van der Waals surface area contributed by atoms with Crippen LogP contribution >= 0.6 is 11.3 Å². The molecule has 2 heterocycles. The van der Waals surface area contributed by atoms with Crippen LogP contribution in [0.2, 0.25) is 0 Å². The molecule has 4 nitrogen and oxygen atoms in total. The fraction of sp³-hybridized carbons (Fsp3) is 0.455. The molecule has 0 aliphatic rings. The molecule has 86 valence electrons. The number of anilines is 1. The number of ether oxygens (including phenoxy) is 1. The number of rotatable bonds is 3. The number of aromatic nitrogens is 2. The number of thiophene rings is 1. The molecule has 0 atom stereocenters. The molecule has 0 saturated heterocycles. The van der Waals surface area contributed by atoms with E-state index in [0.29, 0.717) is 12.4 Å². The van der Waals surface area contributed by atoms with Gasteiger partial charge in [-0.1, -0.05) is 13.8 Å². The van der Waals surface area contributed by atoms with Crippen LogP contribution in [0.4, 0.5) is 5.82 Å². The first kappa shape index (κ1) is 11.3. The van der Waals surface area contributed by atoms with Crippen molar-refractivity contribution in [1.82, 2.24) is 9.97 Å². The zero-order chi connectivity index (χ0) is 11.8. The molecule has 2 rings (SSSR count). The Morgan fingerprint density at radius 3 is 2.81 bits per heavy atom. The van der Waals surface area contributed by atoms with Crippen LogP contribution in [0, 0.1) is 0 Å². The Labute approximate surface area is 98.5 Å². The van der Waals surface area contributed by atoms with Gasteiger partial charge in [0.05, 0.1) is 16.8 Å². The maximum absolute atomic E-state index is 5.81. The van der Waals surface area contributed by atoms with Gasteiger partial charge in [-0.2, -0.15) is 0 Å². The highest BCUT2D eigenvalue weighted by atomic mass is 32.1. The molecular weight excluding hydrogens is 222 g/mol. The third-order valence-corrected chi connectivity index (χ3v) is 4.02. The van der Waals surface area contributed by atoms with Crippen molar-refractivity contribution in [3.8, 4) is 0 Å². The summed E-state index contributed by atoms with van der Waals surface area (Å²) in [4.78, 5) is 9.43. The standard InChI is InChI=1S/C11H15N3OS/c1-11(2,5-15-3)8-4-7-9(16-8)10(12)14-6-13-7/h4,6H,5H2,1-3H3,(H2,12,13,14). The number of nitrogens with zero attached hydrogens (tertiary/aromatic N) is 2. The number of methoxy groups -OCH3 is 1. The Kier molecular flexibility index (Phi) is 2.82. The van der Waals surface area contributed by atoms with Crippen LogP contribution in [0.3, 0.4) is 0 Å². The van der Waals surface area contributed by atoms with E-state index in [1.165, 1.54) is 11.2 Å². The summed E-state index contributed by atoms with van der Waals surface area (Å²) in [6.45, 7) is 4.96. The van der Waals surface area contributed by atoms with Crippen LogP contribution in [0.15, 0.2) is 12.4 Å². The minimum Gasteiger partial charge on any atom is -0.384 e. The van der Waals surface area contributed by atoms with E-state index in [2.05, 4.69) is 29.9 Å². The zero-order valence-electron chi connectivity index (χ0n) is 9.65. The first-order chi connectivity index (χ1) is 7.54. The van der Waals surface area contributed by atoms with Crippen LogP contribution in [0.25, 0.3) is 10.2 Å². The Hall–Kier alpha value is -1.20. The van der Waals surface area contributed by atoms with Crippen molar-refractivity contribution in [2.75, 3.05) is 19.5 Å². The predicted octanol–water partition coefficient (Wildman–Crippen LogP) is 2.20. The lowest BCUT2D eigenvalue weighted by molar-refractivity contribution is 0.148.